The molecular weight excluding hydrogens is 257 g/mol. The molecule has 1 unspecified atom stereocenters. The fourth-order valence-corrected chi connectivity index (χ4v) is 1.14. The molecule has 0 aliphatic heterocycles. The van der Waals surface area contributed by atoms with E-state index in [0.29, 0.717) is 6.42 Å². The van der Waals surface area contributed by atoms with E-state index in [1.165, 1.54) is 0 Å². The monoisotopic (exact) mass is 270 g/mol. The Balaban J connectivity index is 3.66. The van der Waals surface area contributed by atoms with Crippen molar-refractivity contribution < 1.29 is 13.2 Å². The van der Waals surface area contributed by atoms with Gasteiger partial charge in [-0.15, -0.1) is 0 Å². The number of alkyl halides is 3. The van der Waals surface area contributed by atoms with E-state index in [2.05, 4.69) is 22.5 Å². The van der Waals surface area contributed by atoms with Gasteiger partial charge in [-0.05, 0) is 18.8 Å². The molecule has 0 aromatic heterocycles. The highest BCUT2D eigenvalue weighted by Gasteiger charge is 2.26. The van der Waals surface area contributed by atoms with E-state index in [-0.39, 0.29) is 12.3 Å². The highest BCUT2D eigenvalue weighted by Crippen LogP contribution is 2.25. The van der Waals surface area contributed by atoms with Crippen molar-refractivity contribution in [1.29, 1.82) is 0 Å². The highest BCUT2D eigenvalue weighted by atomic mass is 79.9. The van der Waals surface area contributed by atoms with Crippen LogP contribution in [0.4, 0.5) is 13.2 Å². The van der Waals surface area contributed by atoms with Crippen LogP contribution in [0.3, 0.4) is 0 Å². The van der Waals surface area contributed by atoms with Gasteiger partial charge in [0.15, 0.2) is 0 Å². The minimum absolute atomic E-state index is 0.0553. The molecule has 0 saturated carbocycles. The first kappa shape index (κ1) is 13.8. The van der Waals surface area contributed by atoms with Gasteiger partial charge in [0.2, 0.25) is 0 Å². The Kier molecular flexibility index (Phi) is 6.16. The van der Waals surface area contributed by atoms with E-state index < -0.39 is 12.6 Å². The molecule has 0 aliphatic carbocycles. The Morgan fingerprint density at radius 3 is 2.50 bits per heavy atom. The third-order valence-corrected chi connectivity index (χ3v) is 2.02. The molecule has 0 fully saturated rings. The first-order valence-corrected chi connectivity index (χ1v) is 5.18. The Morgan fingerprint density at radius 1 is 1.50 bits per heavy atom. The molecule has 0 N–H and O–H groups in total. The quantitative estimate of drug-likeness (QED) is 0.629. The van der Waals surface area contributed by atoms with Crippen LogP contribution in [-0.2, 0) is 0 Å². The maximum absolute atomic E-state index is 11.8. The average molecular weight is 271 g/mol. The van der Waals surface area contributed by atoms with Crippen LogP contribution in [0.15, 0.2) is 23.2 Å². The van der Waals surface area contributed by atoms with Crippen LogP contribution in [0.1, 0.15) is 26.2 Å². The summed E-state index contributed by atoms with van der Waals surface area (Å²) in [4.78, 5) is 0. The molecule has 1 atom stereocenters. The zero-order valence-electron chi connectivity index (χ0n) is 8.07. The second-order valence-corrected chi connectivity index (χ2v) is 4.36. The molecule has 82 valence electrons. The zero-order chi connectivity index (χ0) is 11.2. The summed E-state index contributed by atoms with van der Waals surface area (Å²) in [6.07, 6.45) is -0.306. The van der Waals surface area contributed by atoms with Gasteiger partial charge in [-0.2, -0.15) is 13.2 Å². The predicted molar refractivity (Wildman–Crippen MR) is 56.3 cm³/mol. The second-order valence-electron chi connectivity index (χ2n) is 3.34. The Bertz CT molecular complexity index is 206. The lowest BCUT2D eigenvalue weighted by molar-refractivity contribution is -0.137. The maximum atomic E-state index is 11.8. The molecule has 0 aliphatic rings. The molecule has 14 heavy (non-hydrogen) atoms. The lowest BCUT2D eigenvalue weighted by atomic mass is 10.0. The van der Waals surface area contributed by atoms with Gasteiger partial charge in [0.05, 0.1) is 0 Å². The van der Waals surface area contributed by atoms with Gasteiger partial charge in [-0.25, -0.2) is 0 Å². The van der Waals surface area contributed by atoms with Crippen molar-refractivity contribution in [3.05, 3.63) is 23.2 Å². The molecule has 0 rings (SSSR count). The fraction of sp³-hybridized carbons (Fsp3) is 0.600. The molecule has 0 heterocycles. The van der Waals surface area contributed by atoms with Crippen LogP contribution in [0.5, 0.6) is 0 Å². The van der Waals surface area contributed by atoms with Crippen molar-refractivity contribution >= 4 is 15.9 Å². The number of rotatable bonds is 5. The van der Waals surface area contributed by atoms with Gasteiger partial charge in [0.1, 0.15) is 0 Å². The van der Waals surface area contributed by atoms with Crippen LogP contribution >= 0.6 is 15.9 Å². The van der Waals surface area contributed by atoms with Crippen LogP contribution in [0.25, 0.3) is 0 Å². The van der Waals surface area contributed by atoms with E-state index in [1.807, 2.05) is 13.0 Å². The van der Waals surface area contributed by atoms with Crippen LogP contribution in [0, 0.1) is 5.92 Å². The minimum atomic E-state index is -4.03. The van der Waals surface area contributed by atoms with Crippen molar-refractivity contribution in [3.8, 4) is 0 Å². The summed E-state index contributed by atoms with van der Waals surface area (Å²) in [7, 11) is 0. The molecular formula is C10H14BrF3. The third-order valence-electron chi connectivity index (χ3n) is 1.76. The SMILES string of the molecule is C=C(Br)C=CCC(C)CCC(F)(F)F. The first-order valence-electron chi connectivity index (χ1n) is 4.39. The molecule has 4 heteroatoms. The third kappa shape index (κ3) is 9.84. The van der Waals surface area contributed by atoms with Gasteiger partial charge in [-0.1, -0.05) is 41.6 Å². The number of hydrogen-bond acceptors (Lipinski definition) is 0. The molecule has 0 amide bonds. The Morgan fingerprint density at radius 2 is 2.07 bits per heavy atom. The predicted octanol–water partition coefficient (Wildman–Crippen LogP) is 4.82. The maximum Gasteiger partial charge on any atom is 0.389 e. The first-order chi connectivity index (χ1) is 6.31. The summed E-state index contributed by atoms with van der Waals surface area (Å²) in [5.74, 6) is 0.0553. The zero-order valence-corrected chi connectivity index (χ0v) is 9.66. The number of allylic oxidation sites excluding steroid dienone is 3. The average Bonchev–Trinajstić information content (AvgIpc) is 1.99. The number of hydrogen-bond donors (Lipinski definition) is 0. The highest BCUT2D eigenvalue weighted by molar-refractivity contribution is 9.11. The van der Waals surface area contributed by atoms with E-state index >= 15 is 0 Å². The molecule has 0 nitrogen and oxygen atoms in total. The Labute approximate surface area is 91.0 Å². The lowest BCUT2D eigenvalue weighted by Gasteiger charge is -2.10. The lowest BCUT2D eigenvalue weighted by Crippen LogP contribution is -2.09. The molecule has 0 saturated heterocycles. The summed E-state index contributed by atoms with van der Waals surface area (Å²) in [5.41, 5.74) is 0. The van der Waals surface area contributed by atoms with Crippen molar-refractivity contribution in [3.63, 3.8) is 0 Å². The summed E-state index contributed by atoms with van der Waals surface area (Å²) in [6.45, 7) is 5.40. The van der Waals surface area contributed by atoms with Crippen LogP contribution < -0.4 is 0 Å². The molecule has 0 aromatic carbocycles. The normalized spacial score (nSPS) is 14.6. The van der Waals surface area contributed by atoms with Crippen molar-refractivity contribution in [2.24, 2.45) is 5.92 Å². The van der Waals surface area contributed by atoms with E-state index in [4.69, 9.17) is 0 Å². The summed E-state index contributed by atoms with van der Waals surface area (Å²) >= 11 is 3.13. The van der Waals surface area contributed by atoms with E-state index in [9.17, 15) is 13.2 Å². The van der Waals surface area contributed by atoms with E-state index in [0.717, 1.165) is 4.48 Å². The minimum Gasteiger partial charge on any atom is -0.171 e. The number of halogens is 4. The summed E-state index contributed by atoms with van der Waals surface area (Å²) in [6, 6.07) is 0. The summed E-state index contributed by atoms with van der Waals surface area (Å²) < 4.78 is 36.2. The van der Waals surface area contributed by atoms with Gasteiger partial charge >= 0.3 is 6.18 Å². The van der Waals surface area contributed by atoms with E-state index in [1.54, 1.807) is 6.08 Å². The smallest absolute Gasteiger partial charge is 0.171 e. The van der Waals surface area contributed by atoms with Crippen molar-refractivity contribution in [2.45, 2.75) is 32.4 Å². The fourth-order valence-electron chi connectivity index (χ4n) is 0.956. The standard InChI is InChI=1S/C10H14BrF3/c1-8(4-3-5-9(2)11)6-7-10(12,13)14/h3,5,8H,2,4,6-7H2,1H3. The topological polar surface area (TPSA) is 0 Å². The summed E-state index contributed by atoms with van der Waals surface area (Å²) in [5, 5.41) is 0. The molecule has 0 radical (unpaired) electrons. The Hall–Kier alpha value is -0.250. The van der Waals surface area contributed by atoms with Crippen LogP contribution in [0.2, 0.25) is 0 Å². The van der Waals surface area contributed by atoms with Gasteiger partial charge < -0.3 is 0 Å². The molecule has 0 spiro atoms. The second kappa shape index (κ2) is 6.27. The van der Waals surface area contributed by atoms with Gasteiger partial charge in [0, 0.05) is 10.9 Å². The van der Waals surface area contributed by atoms with Gasteiger partial charge in [0.25, 0.3) is 0 Å². The van der Waals surface area contributed by atoms with Crippen LogP contribution in [-0.4, -0.2) is 6.18 Å². The van der Waals surface area contributed by atoms with Crippen molar-refractivity contribution in [2.75, 3.05) is 0 Å². The molecule has 0 bridgehead atoms. The largest absolute Gasteiger partial charge is 0.389 e. The molecule has 0 aromatic rings. The van der Waals surface area contributed by atoms with Crippen molar-refractivity contribution in [1.82, 2.24) is 0 Å². The van der Waals surface area contributed by atoms with Gasteiger partial charge in [-0.3, -0.25) is 0 Å².